The van der Waals surface area contributed by atoms with Crippen LogP contribution in [0.1, 0.15) is 70.6 Å². The molecule has 6 heteroatoms. The van der Waals surface area contributed by atoms with Crippen molar-refractivity contribution in [2.24, 2.45) is 11.8 Å². The lowest BCUT2D eigenvalue weighted by Gasteiger charge is -2.65. The summed E-state index contributed by atoms with van der Waals surface area (Å²) in [6.07, 6.45) is 16.7. The Kier molecular flexibility index (Phi) is 5.79. The van der Waals surface area contributed by atoms with Crippen LogP contribution in [0.5, 0.6) is 0 Å². The molecule has 0 radical (unpaired) electrons. The number of hydrogen-bond acceptors (Lipinski definition) is 4. The molecular weight excluding hydrogens is 407 g/mol. The third kappa shape index (κ3) is 3.01. The molecule has 6 aliphatic heterocycles. The van der Waals surface area contributed by atoms with Crippen LogP contribution in [0, 0.1) is 11.8 Å². The second kappa shape index (κ2) is 8.65. The normalized spacial score (nSPS) is 51.6. The molecule has 0 amide bonds. The van der Waals surface area contributed by atoms with Gasteiger partial charge < -0.3 is 21.3 Å². The molecule has 1 saturated carbocycles. The minimum absolute atomic E-state index is 0.925. The molecule has 0 aromatic heterocycles. The summed E-state index contributed by atoms with van der Waals surface area (Å²) in [7, 11) is -1.58. The standard InChI is InChI=1S/C26H47BN4Si/c1-2-6-18(7-3-1)27-21-8-4-12-30-25(21)32(26-22(27)9-5-13-31-26)23-10-14-28-16-19(23)20-17-29-15-11-24(20)32/h18-26,28-31H,1-17H2. The van der Waals surface area contributed by atoms with E-state index in [1.54, 1.807) is 25.7 Å². The van der Waals surface area contributed by atoms with Crippen LogP contribution in [0.4, 0.5) is 0 Å². The Bertz CT molecular complexity index is 639. The minimum Gasteiger partial charge on any atom is -0.317 e. The van der Waals surface area contributed by atoms with Crippen LogP contribution >= 0.6 is 0 Å². The highest BCUT2D eigenvalue weighted by Gasteiger charge is 2.73. The van der Waals surface area contributed by atoms with Gasteiger partial charge in [-0.05, 0) is 111 Å². The van der Waals surface area contributed by atoms with Gasteiger partial charge in [0.2, 0.25) is 0 Å². The van der Waals surface area contributed by atoms with Crippen molar-refractivity contribution in [1.29, 1.82) is 0 Å². The summed E-state index contributed by atoms with van der Waals surface area (Å²) in [5, 5.41) is 16.5. The number of piperidine rings is 4. The Morgan fingerprint density at radius 3 is 1.69 bits per heavy atom. The predicted octanol–water partition coefficient (Wildman–Crippen LogP) is 3.57. The molecule has 0 aromatic rings. The largest absolute Gasteiger partial charge is 0.317 e. The molecule has 6 heterocycles. The molecule has 178 valence electrons. The molecule has 8 atom stereocenters. The van der Waals surface area contributed by atoms with Crippen molar-refractivity contribution in [2.45, 2.75) is 110 Å². The molecule has 1 aliphatic carbocycles. The summed E-state index contributed by atoms with van der Waals surface area (Å²) in [6, 6.07) is 0. The van der Waals surface area contributed by atoms with Gasteiger partial charge in [0, 0.05) is 0 Å². The van der Waals surface area contributed by atoms with E-state index in [1.165, 1.54) is 84.2 Å². The highest BCUT2D eigenvalue weighted by molar-refractivity contribution is 6.91. The molecule has 7 aliphatic rings. The monoisotopic (exact) mass is 454 g/mol. The Labute approximate surface area is 197 Å². The number of nitrogens with one attached hydrogen (secondary N) is 4. The maximum absolute atomic E-state index is 4.40. The fourth-order valence-corrected chi connectivity index (χ4v) is 21.1. The molecule has 6 saturated heterocycles. The quantitative estimate of drug-likeness (QED) is 0.458. The molecular formula is C26H47BN4Si. The number of hydrogen-bond donors (Lipinski definition) is 4. The Morgan fingerprint density at radius 2 is 1.12 bits per heavy atom. The summed E-state index contributed by atoms with van der Waals surface area (Å²) < 4.78 is 0. The highest BCUT2D eigenvalue weighted by atomic mass is 28.3. The zero-order chi connectivity index (χ0) is 21.1. The van der Waals surface area contributed by atoms with Gasteiger partial charge in [-0.1, -0.05) is 50.8 Å². The van der Waals surface area contributed by atoms with Crippen LogP contribution in [0.2, 0.25) is 28.5 Å². The molecule has 32 heavy (non-hydrogen) atoms. The molecule has 7 fully saturated rings. The highest BCUT2D eigenvalue weighted by Crippen LogP contribution is 2.68. The van der Waals surface area contributed by atoms with Gasteiger partial charge >= 0.3 is 0 Å². The first-order chi connectivity index (χ1) is 15.9. The van der Waals surface area contributed by atoms with E-state index in [2.05, 4.69) is 21.3 Å². The first-order valence-electron chi connectivity index (χ1n) is 14.8. The summed E-state index contributed by atoms with van der Waals surface area (Å²) in [5.74, 6) is 5.01. The van der Waals surface area contributed by atoms with Crippen LogP contribution in [0.3, 0.4) is 0 Å². The van der Waals surface area contributed by atoms with Crippen molar-refractivity contribution in [3.8, 4) is 0 Å². The van der Waals surface area contributed by atoms with Crippen LogP contribution in [0.25, 0.3) is 0 Å². The molecule has 0 aromatic carbocycles. The summed E-state index contributed by atoms with van der Waals surface area (Å²) in [4.78, 5) is 0. The van der Waals surface area contributed by atoms with Crippen molar-refractivity contribution in [1.82, 2.24) is 21.3 Å². The smallest absolute Gasteiger partial charge is 0.152 e. The van der Waals surface area contributed by atoms with E-state index in [1.807, 2.05) is 0 Å². The Balaban J connectivity index is 1.36. The van der Waals surface area contributed by atoms with E-state index in [-0.39, 0.29) is 0 Å². The molecule has 4 nitrogen and oxygen atoms in total. The average Bonchev–Trinajstić information content (AvgIpc) is 3.16. The van der Waals surface area contributed by atoms with Crippen molar-refractivity contribution in [2.75, 3.05) is 39.3 Å². The van der Waals surface area contributed by atoms with E-state index >= 15 is 0 Å². The van der Waals surface area contributed by atoms with Gasteiger partial charge in [0.05, 0.1) is 8.07 Å². The van der Waals surface area contributed by atoms with Gasteiger partial charge in [-0.15, -0.1) is 0 Å². The average molecular weight is 455 g/mol. The maximum Gasteiger partial charge on any atom is 0.152 e. The van der Waals surface area contributed by atoms with E-state index in [4.69, 9.17) is 0 Å². The summed E-state index contributed by atoms with van der Waals surface area (Å²) in [5.41, 5.74) is 3.99. The summed E-state index contributed by atoms with van der Waals surface area (Å²) >= 11 is 0. The first-order valence-corrected chi connectivity index (χ1v) is 17.1. The minimum atomic E-state index is -1.58. The predicted molar refractivity (Wildman–Crippen MR) is 137 cm³/mol. The Morgan fingerprint density at radius 1 is 0.562 bits per heavy atom. The van der Waals surface area contributed by atoms with E-state index in [0.29, 0.717) is 0 Å². The van der Waals surface area contributed by atoms with Crippen molar-refractivity contribution in [3.63, 3.8) is 0 Å². The second-order valence-electron chi connectivity index (χ2n) is 13.0. The number of rotatable bonds is 1. The summed E-state index contributed by atoms with van der Waals surface area (Å²) in [6.45, 7) is 8.90. The van der Waals surface area contributed by atoms with Crippen LogP contribution in [-0.4, -0.2) is 65.4 Å². The van der Waals surface area contributed by atoms with E-state index in [0.717, 1.165) is 58.4 Å². The van der Waals surface area contributed by atoms with Crippen LogP contribution in [-0.2, 0) is 0 Å². The van der Waals surface area contributed by atoms with Crippen LogP contribution < -0.4 is 21.3 Å². The molecule has 1 spiro atoms. The fraction of sp³-hybridized carbons (Fsp3) is 1.00. The van der Waals surface area contributed by atoms with Crippen molar-refractivity contribution in [3.05, 3.63) is 0 Å². The van der Waals surface area contributed by atoms with Crippen LogP contribution in [0.15, 0.2) is 0 Å². The van der Waals surface area contributed by atoms with Gasteiger partial charge in [0.25, 0.3) is 0 Å². The second-order valence-corrected chi connectivity index (χ2v) is 17.7. The van der Waals surface area contributed by atoms with Gasteiger partial charge in [0.1, 0.15) is 0 Å². The lowest BCUT2D eigenvalue weighted by Crippen LogP contribution is -2.79. The van der Waals surface area contributed by atoms with Gasteiger partial charge in [-0.3, -0.25) is 0 Å². The maximum atomic E-state index is 4.40. The topological polar surface area (TPSA) is 48.1 Å². The SMILES string of the molecule is C1CCC(B2C3CCCNC3[Si]3(C4CCNCC4C4CNCCC43)C3NCCCC23)CC1. The molecule has 4 N–H and O–H groups in total. The zero-order valence-corrected chi connectivity index (χ0v) is 21.3. The lowest BCUT2D eigenvalue weighted by atomic mass is 9.24. The van der Waals surface area contributed by atoms with Crippen molar-refractivity contribution >= 4 is 14.8 Å². The fourth-order valence-electron chi connectivity index (χ4n) is 11.6. The first kappa shape index (κ1) is 21.4. The molecule has 0 bridgehead atoms. The van der Waals surface area contributed by atoms with Gasteiger partial charge in [0.15, 0.2) is 6.71 Å². The van der Waals surface area contributed by atoms with Crippen molar-refractivity contribution < 1.29 is 0 Å². The molecule has 8 unspecified atom stereocenters. The van der Waals surface area contributed by atoms with Gasteiger partial charge in [-0.25, -0.2) is 0 Å². The third-order valence-corrected chi connectivity index (χ3v) is 19.6. The van der Waals surface area contributed by atoms with Gasteiger partial charge in [-0.2, -0.15) is 0 Å². The Hall–Kier alpha value is 0.122. The zero-order valence-electron chi connectivity index (χ0n) is 20.3. The van der Waals surface area contributed by atoms with E-state index in [9.17, 15) is 0 Å². The lowest BCUT2D eigenvalue weighted by molar-refractivity contribution is 0.251. The third-order valence-electron chi connectivity index (χ3n) is 12.2. The number of fused-ring (bicyclic) bond motifs is 9. The van der Waals surface area contributed by atoms with E-state index < -0.39 is 8.07 Å². The molecule has 7 rings (SSSR count).